The van der Waals surface area contributed by atoms with Crippen LogP contribution < -0.4 is 16.0 Å². The SMILES string of the molecule is NC[C@H](C(=O)Nc1ccc(N2CCOCC2=O)cc1C(F)(F)F)N(CC1CC1)CC(F)(F)F. The van der Waals surface area contributed by atoms with E-state index in [1.54, 1.807) is 0 Å². The fourth-order valence-electron chi connectivity index (χ4n) is 3.64. The first-order valence-corrected chi connectivity index (χ1v) is 10.3. The average Bonchev–Trinajstić information content (AvgIpc) is 3.51. The lowest BCUT2D eigenvalue weighted by Gasteiger charge is -2.31. The van der Waals surface area contributed by atoms with Gasteiger partial charge in [0.25, 0.3) is 5.91 Å². The molecule has 0 bridgehead atoms. The van der Waals surface area contributed by atoms with E-state index in [1.807, 2.05) is 0 Å². The van der Waals surface area contributed by atoms with Crippen LogP contribution in [0.1, 0.15) is 18.4 Å². The van der Waals surface area contributed by atoms with Gasteiger partial charge < -0.3 is 20.7 Å². The number of carbonyl (C=O) groups is 2. The Kier molecular flexibility index (Phi) is 7.54. The molecule has 0 unspecified atom stereocenters. The minimum absolute atomic E-state index is 0.00900. The van der Waals surface area contributed by atoms with Crippen LogP contribution in [0.15, 0.2) is 18.2 Å². The Morgan fingerprint density at radius 1 is 1.24 bits per heavy atom. The van der Waals surface area contributed by atoms with Gasteiger partial charge in [0, 0.05) is 25.3 Å². The van der Waals surface area contributed by atoms with Gasteiger partial charge in [-0.15, -0.1) is 0 Å². The molecule has 1 aromatic rings. The van der Waals surface area contributed by atoms with E-state index in [0.717, 1.165) is 15.9 Å². The number of nitrogens with one attached hydrogen (secondary N) is 1. The third kappa shape index (κ3) is 6.81. The normalized spacial score (nSPS) is 18.5. The number of nitrogens with two attached hydrogens (primary N) is 1. The predicted octanol–water partition coefficient (Wildman–Crippen LogP) is 2.61. The first-order chi connectivity index (χ1) is 15.4. The first-order valence-electron chi connectivity index (χ1n) is 10.3. The molecule has 2 fully saturated rings. The molecule has 7 nitrogen and oxygen atoms in total. The van der Waals surface area contributed by atoms with Gasteiger partial charge in [-0.25, -0.2) is 0 Å². The number of halogens is 6. The van der Waals surface area contributed by atoms with Crippen molar-refractivity contribution in [2.45, 2.75) is 31.2 Å². The third-order valence-electron chi connectivity index (χ3n) is 5.40. The highest BCUT2D eigenvalue weighted by Crippen LogP contribution is 2.38. The highest BCUT2D eigenvalue weighted by molar-refractivity contribution is 5.98. The number of rotatable bonds is 8. The van der Waals surface area contributed by atoms with Crippen LogP contribution in [0.4, 0.5) is 37.7 Å². The first kappa shape index (κ1) is 25.2. The van der Waals surface area contributed by atoms with Gasteiger partial charge in [-0.05, 0) is 37.0 Å². The van der Waals surface area contributed by atoms with Crippen LogP contribution in [-0.4, -0.2) is 68.3 Å². The second-order valence-electron chi connectivity index (χ2n) is 8.05. The van der Waals surface area contributed by atoms with Gasteiger partial charge in [-0.3, -0.25) is 14.5 Å². The number of carbonyl (C=O) groups excluding carboxylic acids is 2. The molecule has 184 valence electrons. The van der Waals surface area contributed by atoms with Crippen molar-refractivity contribution in [3.05, 3.63) is 23.8 Å². The van der Waals surface area contributed by atoms with Crippen LogP contribution in [0, 0.1) is 5.92 Å². The molecule has 1 aliphatic heterocycles. The molecular weight excluding hydrogens is 458 g/mol. The number of morpholine rings is 1. The van der Waals surface area contributed by atoms with Crippen molar-refractivity contribution < 1.29 is 40.7 Å². The molecule has 2 aliphatic rings. The zero-order valence-corrected chi connectivity index (χ0v) is 17.5. The smallest absolute Gasteiger partial charge is 0.370 e. The Hall–Kier alpha value is -2.38. The lowest BCUT2D eigenvalue weighted by molar-refractivity contribution is -0.154. The molecule has 1 aromatic carbocycles. The summed E-state index contributed by atoms with van der Waals surface area (Å²) in [4.78, 5) is 26.7. The van der Waals surface area contributed by atoms with Gasteiger partial charge in [0.1, 0.15) is 12.6 Å². The van der Waals surface area contributed by atoms with Gasteiger partial charge in [-0.1, -0.05) is 0 Å². The molecule has 0 radical (unpaired) electrons. The van der Waals surface area contributed by atoms with E-state index in [1.165, 1.54) is 6.07 Å². The van der Waals surface area contributed by atoms with Gasteiger partial charge in [-0.2, -0.15) is 26.3 Å². The number of benzene rings is 1. The van der Waals surface area contributed by atoms with Gasteiger partial charge in [0.15, 0.2) is 0 Å². The maximum atomic E-state index is 13.7. The summed E-state index contributed by atoms with van der Waals surface area (Å²) in [5.74, 6) is -1.59. The third-order valence-corrected chi connectivity index (χ3v) is 5.40. The molecule has 0 aromatic heterocycles. The minimum atomic E-state index is -4.90. The summed E-state index contributed by atoms with van der Waals surface area (Å²) in [5.41, 5.74) is 3.67. The second kappa shape index (κ2) is 9.85. The Balaban J connectivity index is 1.84. The van der Waals surface area contributed by atoms with Crippen molar-refractivity contribution >= 4 is 23.2 Å². The Labute approximate surface area is 185 Å². The molecule has 33 heavy (non-hydrogen) atoms. The van der Waals surface area contributed by atoms with Crippen molar-refractivity contribution in [1.82, 2.24) is 4.90 Å². The summed E-state index contributed by atoms with van der Waals surface area (Å²) in [6.45, 7) is -1.99. The highest BCUT2D eigenvalue weighted by atomic mass is 19.4. The van der Waals surface area contributed by atoms with E-state index >= 15 is 0 Å². The fourth-order valence-corrected chi connectivity index (χ4v) is 3.64. The quantitative estimate of drug-likeness (QED) is 0.557. The zero-order chi connectivity index (χ0) is 24.4. The van der Waals surface area contributed by atoms with Crippen molar-refractivity contribution in [2.75, 3.05) is 49.6 Å². The monoisotopic (exact) mass is 482 g/mol. The molecule has 1 saturated heterocycles. The van der Waals surface area contributed by atoms with E-state index < -0.39 is 54.5 Å². The number of nitrogens with zero attached hydrogens (tertiary/aromatic N) is 2. The second-order valence-corrected chi connectivity index (χ2v) is 8.05. The highest BCUT2D eigenvalue weighted by Gasteiger charge is 2.40. The lowest BCUT2D eigenvalue weighted by Crippen LogP contribution is -2.52. The zero-order valence-electron chi connectivity index (χ0n) is 17.5. The summed E-state index contributed by atoms with van der Waals surface area (Å²) < 4.78 is 85.2. The van der Waals surface area contributed by atoms with Gasteiger partial charge in [0.2, 0.25) is 5.91 Å². The number of ether oxygens (including phenoxy) is 1. The Bertz CT molecular complexity index is 872. The minimum Gasteiger partial charge on any atom is -0.370 e. The molecular formula is C20H24F6N4O3. The maximum absolute atomic E-state index is 13.7. The van der Waals surface area contributed by atoms with E-state index in [4.69, 9.17) is 10.5 Å². The van der Waals surface area contributed by atoms with E-state index in [0.29, 0.717) is 18.9 Å². The van der Waals surface area contributed by atoms with Crippen LogP contribution in [0.25, 0.3) is 0 Å². The number of alkyl halides is 6. The summed E-state index contributed by atoms with van der Waals surface area (Å²) >= 11 is 0. The van der Waals surface area contributed by atoms with Crippen molar-refractivity contribution in [2.24, 2.45) is 11.7 Å². The summed E-state index contributed by atoms with van der Waals surface area (Å²) in [6.07, 6.45) is -8.07. The largest absolute Gasteiger partial charge is 0.418 e. The summed E-state index contributed by atoms with van der Waals surface area (Å²) in [7, 11) is 0. The maximum Gasteiger partial charge on any atom is 0.418 e. The topological polar surface area (TPSA) is 87.9 Å². The molecule has 3 N–H and O–H groups in total. The number of anilines is 2. The molecule has 1 atom stereocenters. The molecule has 1 heterocycles. The van der Waals surface area contributed by atoms with E-state index in [9.17, 15) is 35.9 Å². The molecule has 1 saturated carbocycles. The van der Waals surface area contributed by atoms with Crippen molar-refractivity contribution in [1.29, 1.82) is 0 Å². The molecule has 13 heteroatoms. The van der Waals surface area contributed by atoms with E-state index in [-0.39, 0.29) is 37.9 Å². The van der Waals surface area contributed by atoms with Crippen LogP contribution in [0.3, 0.4) is 0 Å². The van der Waals surface area contributed by atoms with Gasteiger partial charge in [0.05, 0.1) is 24.4 Å². The molecule has 3 rings (SSSR count). The standard InChI is InChI=1S/C20H24F6N4O3/c21-19(22,23)11-29(9-12-1-2-12)16(8-27)18(32)28-15-4-3-13(7-14(15)20(24,25)26)30-5-6-33-10-17(30)31/h3-4,7,12,16H,1-2,5-6,8-11,27H2,(H,28,32)/t16-/m1/s1. The average molecular weight is 482 g/mol. The lowest BCUT2D eigenvalue weighted by atomic mass is 10.1. The van der Waals surface area contributed by atoms with Crippen molar-refractivity contribution in [3.63, 3.8) is 0 Å². The van der Waals surface area contributed by atoms with E-state index in [2.05, 4.69) is 5.32 Å². The predicted molar refractivity (Wildman–Crippen MR) is 106 cm³/mol. The number of amides is 2. The van der Waals surface area contributed by atoms with Crippen LogP contribution >= 0.6 is 0 Å². The number of hydrogen-bond donors (Lipinski definition) is 2. The molecule has 0 spiro atoms. The number of hydrogen-bond acceptors (Lipinski definition) is 5. The summed E-state index contributed by atoms with van der Waals surface area (Å²) in [5, 5.41) is 2.09. The van der Waals surface area contributed by atoms with Crippen LogP contribution in [0.5, 0.6) is 0 Å². The molecule has 2 amide bonds. The Morgan fingerprint density at radius 2 is 1.94 bits per heavy atom. The van der Waals surface area contributed by atoms with Crippen molar-refractivity contribution in [3.8, 4) is 0 Å². The van der Waals surface area contributed by atoms with Crippen LogP contribution in [0.2, 0.25) is 0 Å². The fraction of sp³-hybridized carbons (Fsp3) is 0.600. The van der Waals surface area contributed by atoms with Gasteiger partial charge >= 0.3 is 12.4 Å². The van der Waals surface area contributed by atoms with Crippen LogP contribution in [-0.2, 0) is 20.5 Å². The molecule has 1 aliphatic carbocycles. The summed E-state index contributed by atoms with van der Waals surface area (Å²) in [6, 6.07) is 1.45. The Morgan fingerprint density at radius 3 is 2.48 bits per heavy atom.